The number of rotatable bonds is 2. The van der Waals surface area contributed by atoms with Gasteiger partial charge in [0, 0.05) is 11.1 Å². The Balaban J connectivity index is 2.25. The van der Waals surface area contributed by atoms with Crippen molar-refractivity contribution >= 4 is 11.8 Å². The predicted octanol–water partition coefficient (Wildman–Crippen LogP) is 3.35. The largest absolute Gasteiger partial charge is 0.508 e. The summed E-state index contributed by atoms with van der Waals surface area (Å²) in [4.78, 5) is 7.73. The van der Waals surface area contributed by atoms with Gasteiger partial charge in [-0.15, -0.1) is 0 Å². The van der Waals surface area contributed by atoms with Gasteiger partial charge in [-0.05, 0) is 36.0 Å². The summed E-state index contributed by atoms with van der Waals surface area (Å²) in [6, 6.07) is 6.94. The number of phenolic OH excluding ortho intramolecular Hbond substituents is 1. The van der Waals surface area contributed by atoms with E-state index in [0.717, 1.165) is 24.0 Å². The van der Waals surface area contributed by atoms with Gasteiger partial charge < -0.3 is 5.11 Å². The van der Waals surface area contributed by atoms with Gasteiger partial charge in [-0.2, -0.15) is 13.2 Å². The highest BCUT2D eigenvalue weighted by Gasteiger charge is 2.32. The Morgan fingerprint density at radius 3 is 2.61 bits per heavy atom. The molecule has 3 nitrogen and oxygen atoms in total. The van der Waals surface area contributed by atoms with Gasteiger partial charge >= 0.3 is 6.18 Å². The lowest BCUT2D eigenvalue weighted by molar-refractivity contribution is -0.141. The molecule has 0 saturated heterocycles. The summed E-state index contributed by atoms with van der Waals surface area (Å²) < 4.78 is 37.3. The van der Waals surface area contributed by atoms with Gasteiger partial charge in [0.15, 0.2) is 5.16 Å². The molecule has 7 heteroatoms. The molecule has 0 aliphatic rings. The molecule has 0 atom stereocenters. The van der Waals surface area contributed by atoms with Crippen LogP contribution in [0.15, 0.2) is 46.6 Å². The molecule has 0 spiro atoms. The number of halogens is 3. The first kappa shape index (κ1) is 12.7. The van der Waals surface area contributed by atoms with Crippen LogP contribution in [-0.2, 0) is 6.18 Å². The van der Waals surface area contributed by atoms with E-state index in [2.05, 4.69) is 9.97 Å². The van der Waals surface area contributed by atoms with E-state index < -0.39 is 11.9 Å². The summed E-state index contributed by atoms with van der Waals surface area (Å²) in [5.74, 6) is 0.0342. The van der Waals surface area contributed by atoms with E-state index in [4.69, 9.17) is 0 Å². The zero-order valence-electron chi connectivity index (χ0n) is 8.85. The normalized spacial score (nSPS) is 11.5. The maximum absolute atomic E-state index is 12.4. The molecule has 0 amide bonds. The number of hydrogen-bond donors (Lipinski definition) is 1. The molecule has 1 N–H and O–H groups in total. The van der Waals surface area contributed by atoms with Gasteiger partial charge in [0.1, 0.15) is 11.4 Å². The molecular weight excluding hydrogens is 265 g/mol. The molecule has 0 unspecified atom stereocenters. The van der Waals surface area contributed by atoms with Gasteiger partial charge in [-0.25, -0.2) is 9.97 Å². The standard InChI is InChI=1S/C11H7F3N2OS/c12-11(13,14)9-4-5-15-10(16-9)18-8-3-1-2-7(17)6-8/h1-6,17H. The molecule has 0 fully saturated rings. The highest BCUT2D eigenvalue weighted by molar-refractivity contribution is 7.99. The fourth-order valence-corrected chi connectivity index (χ4v) is 1.99. The van der Waals surface area contributed by atoms with Gasteiger partial charge in [0.05, 0.1) is 0 Å². The Bertz CT molecular complexity index is 560. The van der Waals surface area contributed by atoms with Crippen LogP contribution < -0.4 is 0 Å². The first-order chi connectivity index (χ1) is 8.45. The molecule has 0 bridgehead atoms. The number of benzene rings is 1. The van der Waals surface area contributed by atoms with Crippen LogP contribution in [0.3, 0.4) is 0 Å². The number of aromatic nitrogens is 2. The van der Waals surface area contributed by atoms with Crippen molar-refractivity contribution in [1.29, 1.82) is 0 Å². The van der Waals surface area contributed by atoms with Crippen LogP contribution in [0.5, 0.6) is 5.75 Å². The minimum atomic E-state index is -4.49. The van der Waals surface area contributed by atoms with Crippen molar-refractivity contribution in [3.63, 3.8) is 0 Å². The van der Waals surface area contributed by atoms with E-state index in [-0.39, 0.29) is 10.9 Å². The summed E-state index contributed by atoms with van der Waals surface area (Å²) in [5, 5.41) is 9.22. The van der Waals surface area contributed by atoms with Crippen LogP contribution in [0.25, 0.3) is 0 Å². The lowest BCUT2D eigenvalue weighted by Crippen LogP contribution is -2.08. The fraction of sp³-hybridized carbons (Fsp3) is 0.0909. The summed E-state index contributed by atoms with van der Waals surface area (Å²) in [6.45, 7) is 0. The third-order valence-corrected chi connectivity index (χ3v) is 2.82. The van der Waals surface area contributed by atoms with Crippen LogP contribution >= 0.6 is 11.8 Å². The Morgan fingerprint density at radius 1 is 1.17 bits per heavy atom. The zero-order chi connectivity index (χ0) is 13.2. The molecular formula is C11H7F3N2OS. The second kappa shape index (κ2) is 4.85. The zero-order valence-corrected chi connectivity index (χ0v) is 9.66. The van der Waals surface area contributed by atoms with Crippen LogP contribution in [0.4, 0.5) is 13.2 Å². The van der Waals surface area contributed by atoms with E-state index in [1.165, 1.54) is 12.1 Å². The predicted molar refractivity (Wildman–Crippen MR) is 59.3 cm³/mol. The topological polar surface area (TPSA) is 46.0 Å². The van der Waals surface area contributed by atoms with Crippen LogP contribution in [-0.4, -0.2) is 15.1 Å². The molecule has 1 aromatic carbocycles. The second-order valence-corrected chi connectivity index (χ2v) is 4.36. The molecule has 1 heterocycles. The molecule has 18 heavy (non-hydrogen) atoms. The average Bonchev–Trinajstić information content (AvgIpc) is 2.28. The Labute approximate surface area is 105 Å². The number of aromatic hydroxyl groups is 1. The third-order valence-electron chi connectivity index (χ3n) is 1.95. The summed E-state index contributed by atoms with van der Waals surface area (Å²) >= 11 is 0.950. The molecule has 0 saturated carbocycles. The minimum absolute atomic E-state index is 0.0181. The Hall–Kier alpha value is -1.76. The highest BCUT2D eigenvalue weighted by atomic mass is 32.2. The first-order valence-corrected chi connectivity index (χ1v) is 5.64. The summed E-state index contributed by atoms with van der Waals surface area (Å²) in [7, 11) is 0. The van der Waals surface area contributed by atoms with Crippen molar-refractivity contribution < 1.29 is 18.3 Å². The van der Waals surface area contributed by atoms with Crippen molar-refractivity contribution in [3.05, 3.63) is 42.2 Å². The number of nitrogens with zero attached hydrogens (tertiary/aromatic N) is 2. The Morgan fingerprint density at radius 2 is 1.94 bits per heavy atom. The quantitative estimate of drug-likeness (QED) is 0.851. The minimum Gasteiger partial charge on any atom is -0.508 e. The van der Waals surface area contributed by atoms with E-state index in [1.807, 2.05) is 0 Å². The lowest BCUT2D eigenvalue weighted by Gasteiger charge is -2.06. The van der Waals surface area contributed by atoms with Gasteiger partial charge in [-0.3, -0.25) is 0 Å². The van der Waals surface area contributed by atoms with Gasteiger partial charge in [0.25, 0.3) is 0 Å². The van der Waals surface area contributed by atoms with Crippen LogP contribution in [0.1, 0.15) is 5.69 Å². The van der Waals surface area contributed by atoms with Crippen LogP contribution in [0, 0.1) is 0 Å². The third kappa shape index (κ3) is 3.13. The average molecular weight is 272 g/mol. The number of hydrogen-bond acceptors (Lipinski definition) is 4. The smallest absolute Gasteiger partial charge is 0.433 e. The summed E-state index contributed by atoms with van der Waals surface area (Å²) in [5.41, 5.74) is -0.986. The first-order valence-electron chi connectivity index (χ1n) is 4.82. The van der Waals surface area contributed by atoms with E-state index >= 15 is 0 Å². The van der Waals surface area contributed by atoms with Crippen molar-refractivity contribution in [2.45, 2.75) is 16.2 Å². The number of alkyl halides is 3. The SMILES string of the molecule is Oc1cccc(Sc2nccc(C(F)(F)F)n2)c1. The van der Waals surface area contributed by atoms with Gasteiger partial charge in [-0.1, -0.05) is 6.07 Å². The number of phenols is 1. The van der Waals surface area contributed by atoms with Crippen LogP contribution in [0.2, 0.25) is 0 Å². The molecule has 1 aromatic heterocycles. The van der Waals surface area contributed by atoms with Crippen molar-refractivity contribution in [1.82, 2.24) is 9.97 Å². The second-order valence-electron chi connectivity index (χ2n) is 3.32. The molecule has 2 aromatic rings. The maximum atomic E-state index is 12.4. The Kier molecular flexibility index (Phi) is 3.42. The molecule has 2 rings (SSSR count). The van der Waals surface area contributed by atoms with Crippen molar-refractivity contribution in [3.8, 4) is 5.75 Å². The molecule has 0 aliphatic heterocycles. The molecule has 0 radical (unpaired) electrons. The monoisotopic (exact) mass is 272 g/mol. The lowest BCUT2D eigenvalue weighted by atomic mass is 10.3. The van der Waals surface area contributed by atoms with Crippen molar-refractivity contribution in [2.24, 2.45) is 0 Å². The summed E-state index contributed by atoms with van der Waals surface area (Å²) in [6.07, 6.45) is -3.43. The molecule has 0 aliphatic carbocycles. The van der Waals surface area contributed by atoms with E-state index in [1.54, 1.807) is 12.1 Å². The van der Waals surface area contributed by atoms with Gasteiger partial charge in [0.2, 0.25) is 0 Å². The maximum Gasteiger partial charge on any atom is 0.433 e. The fourth-order valence-electron chi connectivity index (χ4n) is 1.20. The molecule has 94 valence electrons. The van der Waals surface area contributed by atoms with Crippen molar-refractivity contribution in [2.75, 3.05) is 0 Å². The van der Waals surface area contributed by atoms with E-state index in [0.29, 0.717) is 4.90 Å². The highest BCUT2D eigenvalue weighted by Crippen LogP contribution is 2.31. The van der Waals surface area contributed by atoms with E-state index in [9.17, 15) is 18.3 Å².